The van der Waals surface area contributed by atoms with E-state index >= 15 is 0 Å². The molecule has 1 saturated heterocycles. The standard InChI is InChI=1S/C8H17NO2.C8H19NO2.2V/c10-6-2-5-9-4-1-3-8(11)7-9;1-3-9(5-4-6-10)7-8(2)11;;/h8,10-11H,1-7H2;8,10-11H,3-7H2,1-2H3;;. The number of hydrogen-bond acceptors (Lipinski definition) is 6. The van der Waals surface area contributed by atoms with Gasteiger partial charge in [0.25, 0.3) is 0 Å². The van der Waals surface area contributed by atoms with Gasteiger partial charge in [-0.3, -0.25) is 0 Å². The first-order valence-electron chi connectivity index (χ1n) is 8.56. The molecule has 0 aliphatic carbocycles. The zero-order chi connectivity index (χ0) is 16.8. The Morgan fingerprint density at radius 1 is 1.17 bits per heavy atom. The van der Waals surface area contributed by atoms with E-state index in [0.717, 1.165) is 58.4 Å². The minimum Gasteiger partial charge on any atom is -0.396 e. The largest absolute Gasteiger partial charge is 0.396 e. The summed E-state index contributed by atoms with van der Waals surface area (Å²) >= 11 is 0. The summed E-state index contributed by atoms with van der Waals surface area (Å²) in [5.41, 5.74) is 0. The molecule has 144 valence electrons. The molecule has 6 nitrogen and oxygen atoms in total. The molecule has 4 N–H and O–H groups in total. The topological polar surface area (TPSA) is 87.4 Å². The first-order valence-corrected chi connectivity index (χ1v) is 8.56. The van der Waals surface area contributed by atoms with Crippen LogP contribution in [0.25, 0.3) is 0 Å². The number of piperidine rings is 1. The van der Waals surface area contributed by atoms with Crippen LogP contribution in [-0.4, -0.2) is 94.9 Å². The van der Waals surface area contributed by atoms with E-state index < -0.39 is 0 Å². The number of β-amino-alcohol motifs (C(OH)–C–C–N with tert-alkyl or cyclic N) is 1. The second kappa shape index (κ2) is 20.2. The van der Waals surface area contributed by atoms with E-state index in [4.69, 9.17) is 15.3 Å². The Kier molecular flexibility index (Phi) is 25.0. The second-order valence-corrected chi connectivity index (χ2v) is 5.99. The molecule has 1 rings (SSSR count). The van der Waals surface area contributed by atoms with Crippen LogP contribution in [0.5, 0.6) is 0 Å². The van der Waals surface area contributed by atoms with Crippen LogP contribution in [-0.2, 0) is 37.1 Å². The third kappa shape index (κ3) is 17.7. The number of likely N-dealkylation sites (N-methyl/N-ethyl adjacent to an activating group) is 1. The number of hydrogen-bond donors (Lipinski definition) is 4. The van der Waals surface area contributed by atoms with Crippen molar-refractivity contribution in [2.75, 3.05) is 52.5 Å². The maximum absolute atomic E-state index is 9.27. The van der Waals surface area contributed by atoms with Gasteiger partial charge in [-0.2, -0.15) is 0 Å². The average molecular weight is 422 g/mol. The van der Waals surface area contributed by atoms with Gasteiger partial charge in [-0.25, -0.2) is 0 Å². The number of aliphatic hydroxyl groups excluding tert-OH is 4. The Hall–Kier alpha value is 0.929. The van der Waals surface area contributed by atoms with Crippen molar-refractivity contribution in [3.63, 3.8) is 0 Å². The van der Waals surface area contributed by atoms with Crippen LogP contribution in [0.1, 0.15) is 39.5 Å². The van der Waals surface area contributed by atoms with Crippen LogP contribution in [0, 0.1) is 0 Å². The van der Waals surface area contributed by atoms with Gasteiger partial charge in [0.1, 0.15) is 0 Å². The molecule has 1 heterocycles. The summed E-state index contributed by atoms with van der Waals surface area (Å²) in [6, 6.07) is 0. The van der Waals surface area contributed by atoms with E-state index in [0.29, 0.717) is 6.54 Å². The number of aliphatic hydroxyl groups is 4. The first kappa shape index (κ1) is 29.7. The zero-order valence-electron chi connectivity index (χ0n) is 15.2. The molecule has 0 aromatic carbocycles. The van der Waals surface area contributed by atoms with Gasteiger partial charge in [0.15, 0.2) is 0 Å². The van der Waals surface area contributed by atoms with Crippen molar-refractivity contribution in [1.82, 2.24) is 9.80 Å². The van der Waals surface area contributed by atoms with Crippen LogP contribution in [0.3, 0.4) is 0 Å². The molecule has 0 amide bonds. The van der Waals surface area contributed by atoms with Crippen LogP contribution < -0.4 is 0 Å². The van der Waals surface area contributed by atoms with Crippen molar-refractivity contribution in [3.8, 4) is 0 Å². The number of nitrogens with zero attached hydrogens (tertiary/aromatic N) is 2. The van der Waals surface area contributed by atoms with Crippen LogP contribution >= 0.6 is 0 Å². The van der Waals surface area contributed by atoms with Gasteiger partial charge in [0, 0.05) is 76.5 Å². The van der Waals surface area contributed by atoms with E-state index in [1.165, 1.54) is 0 Å². The summed E-state index contributed by atoms with van der Waals surface area (Å²) in [4.78, 5) is 4.34. The number of likely N-dealkylation sites (tertiary alicyclic amines) is 1. The average Bonchev–Trinajstić information content (AvgIpc) is 2.49. The molecule has 0 aromatic heterocycles. The molecule has 1 fully saturated rings. The van der Waals surface area contributed by atoms with Gasteiger partial charge in [-0.05, 0) is 45.7 Å². The quantitative estimate of drug-likeness (QED) is 0.415. The molecule has 24 heavy (non-hydrogen) atoms. The Morgan fingerprint density at radius 3 is 2.25 bits per heavy atom. The molecule has 2 atom stereocenters. The summed E-state index contributed by atoms with van der Waals surface area (Å²) in [5.74, 6) is 0. The predicted octanol–water partition coefficient (Wildman–Crippen LogP) is -0.108. The van der Waals surface area contributed by atoms with Crippen LogP contribution in [0.4, 0.5) is 0 Å². The van der Waals surface area contributed by atoms with Crippen molar-refractivity contribution in [3.05, 3.63) is 0 Å². The fourth-order valence-electron chi connectivity index (χ4n) is 2.58. The van der Waals surface area contributed by atoms with Gasteiger partial charge in [-0.15, -0.1) is 0 Å². The molecular weight excluding hydrogens is 386 g/mol. The molecule has 0 saturated carbocycles. The Labute approximate surface area is 171 Å². The third-order valence-corrected chi connectivity index (χ3v) is 3.72. The third-order valence-electron chi connectivity index (χ3n) is 3.72. The van der Waals surface area contributed by atoms with Crippen molar-refractivity contribution < 1.29 is 57.5 Å². The van der Waals surface area contributed by atoms with E-state index in [1.807, 2.05) is 0 Å². The predicted molar refractivity (Wildman–Crippen MR) is 88.9 cm³/mol. The fourth-order valence-corrected chi connectivity index (χ4v) is 2.58. The van der Waals surface area contributed by atoms with E-state index in [1.54, 1.807) is 6.92 Å². The summed E-state index contributed by atoms with van der Waals surface area (Å²) in [5, 5.41) is 35.5. The van der Waals surface area contributed by atoms with Gasteiger partial charge < -0.3 is 30.2 Å². The van der Waals surface area contributed by atoms with Gasteiger partial charge in [-0.1, -0.05) is 6.92 Å². The van der Waals surface area contributed by atoms with E-state index in [9.17, 15) is 5.11 Å². The molecule has 0 bridgehead atoms. The van der Waals surface area contributed by atoms with Crippen molar-refractivity contribution in [2.24, 2.45) is 0 Å². The van der Waals surface area contributed by atoms with E-state index in [-0.39, 0.29) is 62.5 Å². The molecule has 2 unspecified atom stereocenters. The SMILES string of the molecule is CCN(CCCO)CC(C)O.OCCCN1CCCC(O)C1.[V].[V]. The zero-order valence-corrected chi connectivity index (χ0v) is 18.0. The fraction of sp³-hybridized carbons (Fsp3) is 1.00. The summed E-state index contributed by atoms with van der Waals surface area (Å²) in [6.07, 6.45) is 3.24. The Balaban J connectivity index is -0.000000339. The van der Waals surface area contributed by atoms with Crippen molar-refractivity contribution in [1.29, 1.82) is 0 Å². The smallest absolute Gasteiger partial charge is 0.0667 e. The molecule has 0 spiro atoms. The minimum atomic E-state index is -0.270. The summed E-state index contributed by atoms with van der Waals surface area (Å²) in [7, 11) is 0. The van der Waals surface area contributed by atoms with Gasteiger partial charge in [0.05, 0.1) is 12.2 Å². The normalized spacial score (nSPS) is 18.9. The Morgan fingerprint density at radius 2 is 1.79 bits per heavy atom. The maximum atomic E-state index is 9.27. The number of rotatable bonds is 9. The van der Waals surface area contributed by atoms with E-state index in [2.05, 4.69) is 16.7 Å². The summed E-state index contributed by atoms with van der Waals surface area (Å²) in [6.45, 7) is 9.63. The summed E-state index contributed by atoms with van der Waals surface area (Å²) < 4.78 is 0. The van der Waals surface area contributed by atoms with Crippen molar-refractivity contribution in [2.45, 2.75) is 51.7 Å². The van der Waals surface area contributed by atoms with Crippen LogP contribution in [0.2, 0.25) is 0 Å². The minimum absolute atomic E-state index is 0. The van der Waals surface area contributed by atoms with Crippen molar-refractivity contribution >= 4 is 0 Å². The Bertz CT molecular complexity index is 244. The molecule has 0 aromatic rings. The van der Waals surface area contributed by atoms with Crippen LogP contribution in [0.15, 0.2) is 0 Å². The first-order chi connectivity index (χ1) is 10.5. The molecular formula is C16H36N2O4V2. The van der Waals surface area contributed by atoms with Gasteiger partial charge in [0.2, 0.25) is 0 Å². The molecule has 1 aliphatic heterocycles. The second-order valence-electron chi connectivity index (χ2n) is 5.99. The maximum Gasteiger partial charge on any atom is 0.0667 e. The monoisotopic (exact) mass is 422 g/mol. The van der Waals surface area contributed by atoms with Gasteiger partial charge >= 0.3 is 0 Å². The molecule has 1 aliphatic rings. The molecule has 8 heteroatoms. The molecule has 2 radical (unpaired) electrons.